The Bertz CT molecular complexity index is 1140. The van der Waals surface area contributed by atoms with E-state index >= 15 is 0 Å². The summed E-state index contributed by atoms with van der Waals surface area (Å²) >= 11 is 0. The van der Waals surface area contributed by atoms with Crippen LogP contribution in [0, 0.1) is 10.1 Å². The molecule has 0 aliphatic rings. The summed E-state index contributed by atoms with van der Waals surface area (Å²) in [6.45, 7) is 2.37. The van der Waals surface area contributed by atoms with Crippen LogP contribution in [0.5, 0.6) is 0 Å². The van der Waals surface area contributed by atoms with Gasteiger partial charge in [-0.25, -0.2) is 8.42 Å². The molecule has 0 spiro atoms. The standard InChI is InChI=1S/C21H25N3O8S/c1-20(2,19(27)32-3)22-14-21(18(25)26,13-15-9-5-4-6-10-15)23-33(30,31)17-12-8-7-11-16(17)24(28)29/h4-12,22-23H,13-14H2,1-3H3,(H,25,26). The molecule has 0 fully saturated rings. The highest BCUT2D eigenvalue weighted by Gasteiger charge is 2.45. The maximum Gasteiger partial charge on any atom is 0.326 e. The highest BCUT2D eigenvalue weighted by molar-refractivity contribution is 7.89. The van der Waals surface area contributed by atoms with E-state index in [1.54, 1.807) is 30.3 Å². The number of carboxylic acids is 1. The van der Waals surface area contributed by atoms with Crippen LogP contribution < -0.4 is 10.0 Å². The average Bonchev–Trinajstić information content (AvgIpc) is 2.77. The van der Waals surface area contributed by atoms with E-state index in [2.05, 4.69) is 10.0 Å². The van der Waals surface area contributed by atoms with Crippen LogP contribution in [-0.4, -0.2) is 55.1 Å². The van der Waals surface area contributed by atoms with Gasteiger partial charge in [0.2, 0.25) is 10.0 Å². The van der Waals surface area contributed by atoms with Crippen molar-refractivity contribution < 1.29 is 32.8 Å². The van der Waals surface area contributed by atoms with Gasteiger partial charge in [0.05, 0.1) is 12.0 Å². The first-order valence-electron chi connectivity index (χ1n) is 9.73. The van der Waals surface area contributed by atoms with Gasteiger partial charge in [-0.1, -0.05) is 42.5 Å². The van der Waals surface area contributed by atoms with Gasteiger partial charge in [0, 0.05) is 19.0 Å². The van der Waals surface area contributed by atoms with Gasteiger partial charge in [0.15, 0.2) is 4.90 Å². The van der Waals surface area contributed by atoms with Gasteiger partial charge < -0.3 is 9.84 Å². The van der Waals surface area contributed by atoms with Crippen LogP contribution >= 0.6 is 0 Å². The van der Waals surface area contributed by atoms with E-state index in [-0.39, 0.29) is 6.42 Å². The smallest absolute Gasteiger partial charge is 0.326 e. The van der Waals surface area contributed by atoms with E-state index in [1.807, 2.05) is 0 Å². The second-order valence-electron chi connectivity index (χ2n) is 7.85. The number of nitro groups is 1. The van der Waals surface area contributed by atoms with Gasteiger partial charge in [-0.3, -0.25) is 25.0 Å². The number of sulfonamides is 1. The van der Waals surface area contributed by atoms with Gasteiger partial charge >= 0.3 is 11.9 Å². The molecule has 11 nitrogen and oxygen atoms in total. The lowest BCUT2D eigenvalue weighted by molar-refractivity contribution is -0.387. The molecule has 3 N–H and O–H groups in total. The highest BCUT2D eigenvalue weighted by atomic mass is 32.2. The minimum Gasteiger partial charge on any atom is -0.480 e. The Kier molecular flexibility index (Phi) is 7.90. The fourth-order valence-electron chi connectivity index (χ4n) is 3.12. The van der Waals surface area contributed by atoms with E-state index in [4.69, 9.17) is 4.74 Å². The number of ether oxygens (including phenoxy) is 1. The fraction of sp³-hybridized carbons (Fsp3) is 0.333. The van der Waals surface area contributed by atoms with E-state index in [1.165, 1.54) is 26.0 Å². The van der Waals surface area contributed by atoms with Crippen LogP contribution in [0.15, 0.2) is 59.5 Å². The van der Waals surface area contributed by atoms with Crippen molar-refractivity contribution in [2.45, 2.75) is 36.2 Å². The molecule has 0 radical (unpaired) electrons. The lowest BCUT2D eigenvalue weighted by atomic mass is 9.90. The van der Waals surface area contributed by atoms with Gasteiger partial charge in [-0.2, -0.15) is 4.72 Å². The summed E-state index contributed by atoms with van der Waals surface area (Å²) in [5, 5.41) is 24.3. The molecule has 0 aliphatic carbocycles. The van der Waals surface area contributed by atoms with Crippen molar-refractivity contribution in [2.75, 3.05) is 13.7 Å². The van der Waals surface area contributed by atoms with Crippen LogP contribution in [0.25, 0.3) is 0 Å². The molecule has 1 unspecified atom stereocenters. The predicted octanol–water partition coefficient (Wildman–Crippen LogP) is 1.48. The Morgan fingerprint density at radius 1 is 1.09 bits per heavy atom. The number of methoxy groups -OCH3 is 1. The number of para-hydroxylation sites is 1. The summed E-state index contributed by atoms with van der Waals surface area (Å²) in [4.78, 5) is 34.4. The van der Waals surface area contributed by atoms with Crippen LogP contribution in [0.2, 0.25) is 0 Å². The summed E-state index contributed by atoms with van der Waals surface area (Å²) in [5.74, 6) is -2.23. The molecule has 0 saturated carbocycles. The van der Waals surface area contributed by atoms with Crippen molar-refractivity contribution in [3.8, 4) is 0 Å². The average molecular weight is 480 g/mol. The number of hydrogen-bond donors (Lipinski definition) is 3. The molecule has 0 bridgehead atoms. The minimum absolute atomic E-state index is 0.312. The minimum atomic E-state index is -4.68. The molecule has 1 atom stereocenters. The summed E-state index contributed by atoms with van der Waals surface area (Å²) in [7, 11) is -3.52. The lowest BCUT2D eigenvalue weighted by Gasteiger charge is -2.34. The predicted molar refractivity (Wildman–Crippen MR) is 118 cm³/mol. The summed E-state index contributed by atoms with van der Waals surface area (Å²) in [6.07, 6.45) is -0.312. The molecule has 2 aromatic rings. The maximum absolute atomic E-state index is 13.2. The second kappa shape index (κ2) is 10.1. The number of benzene rings is 2. The van der Waals surface area contributed by atoms with Crippen LogP contribution in [0.4, 0.5) is 5.69 Å². The van der Waals surface area contributed by atoms with Crippen molar-refractivity contribution in [2.24, 2.45) is 0 Å². The Morgan fingerprint density at radius 3 is 2.21 bits per heavy atom. The van der Waals surface area contributed by atoms with Gasteiger partial charge in [0.25, 0.3) is 5.69 Å². The highest BCUT2D eigenvalue weighted by Crippen LogP contribution is 2.26. The normalized spacial score (nSPS) is 13.7. The van der Waals surface area contributed by atoms with Gasteiger partial charge in [-0.05, 0) is 25.5 Å². The molecule has 0 heterocycles. The van der Waals surface area contributed by atoms with E-state index in [9.17, 15) is 33.2 Å². The lowest BCUT2D eigenvalue weighted by Crippen LogP contribution is -2.64. The number of hydrogen-bond acceptors (Lipinski definition) is 8. The zero-order valence-electron chi connectivity index (χ0n) is 18.3. The zero-order chi connectivity index (χ0) is 24.9. The molecule has 0 aromatic heterocycles. The quantitative estimate of drug-likeness (QED) is 0.246. The fourth-order valence-corrected chi connectivity index (χ4v) is 4.65. The Hall–Kier alpha value is -3.35. The number of carbonyl (C=O) groups excluding carboxylic acids is 1. The van der Waals surface area contributed by atoms with Crippen LogP contribution in [-0.2, 0) is 30.8 Å². The molecular formula is C21H25N3O8S. The Morgan fingerprint density at radius 2 is 1.67 bits per heavy atom. The van der Waals surface area contributed by atoms with Crippen molar-refractivity contribution in [3.63, 3.8) is 0 Å². The van der Waals surface area contributed by atoms with Crippen LogP contribution in [0.3, 0.4) is 0 Å². The van der Waals surface area contributed by atoms with Crippen molar-refractivity contribution in [1.82, 2.24) is 10.0 Å². The molecule has 2 rings (SSSR count). The first kappa shape index (κ1) is 25.9. The number of rotatable bonds is 11. The SMILES string of the molecule is COC(=O)C(C)(C)NCC(Cc1ccccc1)(NS(=O)(=O)c1ccccc1[N+](=O)[O-])C(=O)O. The topological polar surface area (TPSA) is 165 Å². The molecule has 0 aliphatic heterocycles. The third-order valence-electron chi connectivity index (χ3n) is 4.97. The van der Waals surface area contributed by atoms with Crippen LogP contribution in [0.1, 0.15) is 19.4 Å². The first-order valence-corrected chi connectivity index (χ1v) is 11.2. The summed E-state index contributed by atoms with van der Waals surface area (Å²) in [5.41, 5.74) is -3.76. The second-order valence-corrected chi connectivity index (χ2v) is 9.50. The van der Waals surface area contributed by atoms with E-state index in [0.29, 0.717) is 5.56 Å². The third-order valence-corrected chi connectivity index (χ3v) is 6.55. The maximum atomic E-state index is 13.2. The number of nitro benzene ring substituents is 1. The molecule has 178 valence electrons. The molecule has 2 aromatic carbocycles. The number of carbonyl (C=O) groups is 2. The van der Waals surface area contributed by atoms with Gasteiger partial charge in [-0.15, -0.1) is 0 Å². The third kappa shape index (κ3) is 6.12. The molecule has 12 heteroatoms. The summed E-state index contributed by atoms with van der Waals surface area (Å²) in [6, 6.07) is 12.9. The number of aliphatic carboxylic acids is 1. The van der Waals surface area contributed by atoms with Crippen molar-refractivity contribution in [1.29, 1.82) is 0 Å². The van der Waals surface area contributed by atoms with Gasteiger partial charge in [0.1, 0.15) is 11.1 Å². The first-order chi connectivity index (χ1) is 15.3. The number of nitrogens with zero attached hydrogens (tertiary/aromatic N) is 1. The molecule has 0 amide bonds. The number of carboxylic acid groups (broad SMARTS) is 1. The van der Waals surface area contributed by atoms with Crippen molar-refractivity contribution in [3.05, 3.63) is 70.3 Å². The monoisotopic (exact) mass is 479 g/mol. The Balaban J connectivity index is 2.56. The molecule has 0 saturated heterocycles. The number of nitrogens with one attached hydrogen (secondary N) is 2. The zero-order valence-corrected chi connectivity index (χ0v) is 19.1. The molecular weight excluding hydrogens is 454 g/mol. The summed E-state index contributed by atoms with van der Waals surface area (Å²) < 4.78 is 33.2. The van der Waals surface area contributed by atoms with E-state index < -0.39 is 55.1 Å². The molecule has 33 heavy (non-hydrogen) atoms. The largest absolute Gasteiger partial charge is 0.480 e. The van der Waals surface area contributed by atoms with Crippen molar-refractivity contribution >= 4 is 27.6 Å². The van der Waals surface area contributed by atoms with E-state index in [0.717, 1.165) is 19.2 Å². The Labute approximate surface area is 191 Å². The number of esters is 1.